The van der Waals surface area contributed by atoms with Crippen molar-refractivity contribution in [1.82, 2.24) is 0 Å². The van der Waals surface area contributed by atoms with Crippen LogP contribution in [0.15, 0.2) is 22.8 Å². The van der Waals surface area contributed by atoms with E-state index in [2.05, 4.69) is 0 Å². The third-order valence-electron chi connectivity index (χ3n) is 12.9. The Bertz CT molecular complexity index is 1360. The Balaban J connectivity index is 1.98. The maximum atomic E-state index is 14.7. The number of fused-ring (bicyclic) bond motifs is 5. The van der Waals surface area contributed by atoms with Crippen molar-refractivity contribution in [2.75, 3.05) is 7.11 Å². The van der Waals surface area contributed by atoms with E-state index in [0.717, 1.165) is 24.0 Å². The van der Waals surface area contributed by atoms with Gasteiger partial charge in [0.05, 0.1) is 41.3 Å². The lowest BCUT2D eigenvalue weighted by molar-refractivity contribution is -0.166. The van der Waals surface area contributed by atoms with Crippen molar-refractivity contribution >= 4 is 34.9 Å². The maximum absolute atomic E-state index is 14.7. The van der Waals surface area contributed by atoms with E-state index in [1.807, 2.05) is 61.5 Å². The third kappa shape index (κ3) is 8.34. The number of ketones is 3. The molecule has 2 N–H and O–H groups in total. The molecule has 0 unspecified atom stereocenters. The van der Waals surface area contributed by atoms with E-state index in [0.29, 0.717) is 37.7 Å². The molecule has 2 aliphatic carbocycles. The summed E-state index contributed by atoms with van der Waals surface area (Å²) in [4.78, 5) is 56.5. The fraction of sp³-hybridized carbons (Fsp3) is 0.805. The van der Waals surface area contributed by atoms with Gasteiger partial charge in [-0.05, 0) is 90.0 Å². The van der Waals surface area contributed by atoms with Gasteiger partial charge in [0.1, 0.15) is 17.3 Å². The number of ether oxygens (including phenoxy) is 2. The van der Waals surface area contributed by atoms with Crippen molar-refractivity contribution in [3.63, 3.8) is 0 Å². The summed E-state index contributed by atoms with van der Waals surface area (Å²) in [6, 6.07) is 0. The quantitative estimate of drug-likeness (QED) is 0.171. The van der Waals surface area contributed by atoms with Crippen LogP contribution in [-0.2, 0) is 28.7 Å². The summed E-state index contributed by atoms with van der Waals surface area (Å²) in [6.45, 7) is 15.4. The fourth-order valence-electron chi connectivity index (χ4n) is 9.53. The molecule has 1 saturated carbocycles. The number of esters is 1. The number of carbonyl (C=O) groups excluding carboxylic acids is 4. The molecule has 2 heterocycles. The van der Waals surface area contributed by atoms with Gasteiger partial charge >= 0.3 is 5.97 Å². The number of aliphatic hydroxyl groups is 2. The topological polar surface area (TPSA) is 127 Å². The molecule has 9 heteroatoms. The number of hydrogen-bond acceptors (Lipinski definition) is 8. The summed E-state index contributed by atoms with van der Waals surface area (Å²) < 4.78 is 12.1. The Kier molecular flexibility index (Phi) is 13.1. The van der Waals surface area contributed by atoms with Crippen LogP contribution in [0.4, 0.5) is 0 Å². The van der Waals surface area contributed by atoms with E-state index < -0.39 is 57.9 Å². The molecule has 0 aromatic rings. The molecule has 2 aliphatic heterocycles. The van der Waals surface area contributed by atoms with Crippen LogP contribution < -0.4 is 0 Å². The maximum Gasteiger partial charge on any atom is 0.313 e. The van der Waals surface area contributed by atoms with Crippen molar-refractivity contribution in [3.8, 4) is 0 Å². The van der Waals surface area contributed by atoms with Gasteiger partial charge in [-0.3, -0.25) is 19.2 Å². The van der Waals surface area contributed by atoms with Crippen molar-refractivity contribution in [3.05, 3.63) is 22.8 Å². The van der Waals surface area contributed by atoms with Gasteiger partial charge in [0.2, 0.25) is 0 Å². The number of carbonyl (C=O) groups is 4. The van der Waals surface area contributed by atoms with Crippen LogP contribution in [0.3, 0.4) is 0 Å². The predicted molar refractivity (Wildman–Crippen MR) is 195 cm³/mol. The summed E-state index contributed by atoms with van der Waals surface area (Å²) in [5.41, 5.74) is -0.205. The minimum absolute atomic E-state index is 0.0195. The van der Waals surface area contributed by atoms with Crippen LogP contribution in [-0.4, -0.2) is 69.4 Å². The first-order valence-electron chi connectivity index (χ1n) is 19.0. The summed E-state index contributed by atoms with van der Waals surface area (Å²) in [6.07, 6.45) is 4.35. The first-order chi connectivity index (χ1) is 23.3. The van der Waals surface area contributed by atoms with Gasteiger partial charge in [-0.2, -0.15) is 0 Å². The lowest BCUT2D eigenvalue weighted by Crippen LogP contribution is -2.55. The van der Waals surface area contributed by atoms with Gasteiger partial charge in [0.15, 0.2) is 0 Å². The van der Waals surface area contributed by atoms with Gasteiger partial charge in [-0.25, -0.2) is 0 Å². The molecule has 50 heavy (non-hydrogen) atoms. The third-order valence-corrected chi connectivity index (χ3v) is 13.3. The molecule has 8 nitrogen and oxygen atoms in total. The Hall–Kier alpha value is -1.87. The second-order valence-electron chi connectivity index (χ2n) is 17.3. The Morgan fingerprint density at radius 2 is 1.66 bits per heavy atom. The van der Waals surface area contributed by atoms with Crippen molar-refractivity contribution in [2.24, 2.45) is 40.9 Å². The summed E-state index contributed by atoms with van der Waals surface area (Å²) in [7, 11) is 1.29. The smallest absolute Gasteiger partial charge is 0.313 e. The molecule has 4 rings (SSSR count). The summed E-state index contributed by atoms with van der Waals surface area (Å²) >= 11 is 7.23. The second-order valence-corrected chi connectivity index (χ2v) is 18.2. The standard InChI is InChI=1S/C41H63ClO8/c1-23(2)28-20-31(43)26(5)12-10-11-24(3)18-32(44)29-19-27(6)37-30(41(29,22-33(28)45)38(48)49-9)17-25(4)13-14-35(47)40(8)16-15-36(50-40)39(7,42)21-34(37)46/h17,23-24,26,28-30,34-36,46-47H,10-16,18-22H2,1-9H3/t24-,26+,28-,29+,30-,34-,35-,36-,39+,40-,41+/m0/s1. The van der Waals surface area contributed by atoms with Gasteiger partial charge in [0, 0.05) is 42.9 Å². The van der Waals surface area contributed by atoms with Crippen LogP contribution in [0, 0.1) is 40.9 Å². The van der Waals surface area contributed by atoms with E-state index in [-0.39, 0.29) is 67.2 Å². The van der Waals surface area contributed by atoms with E-state index in [9.17, 15) is 29.4 Å². The molecular formula is C41H63ClO8. The fourth-order valence-corrected chi connectivity index (χ4v) is 9.83. The molecule has 4 aliphatic rings. The zero-order valence-corrected chi connectivity index (χ0v) is 32.7. The first-order valence-corrected chi connectivity index (χ1v) is 19.4. The summed E-state index contributed by atoms with van der Waals surface area (Å²) in [5, 5.41) is 23.6. The number of rotatable bonds is 2. The average Bonchev–Trinajstić information content (AvgIpc) is 3.45. The Morgan fingerprint density at radius 3 is 2.30 bits per heavy atom. The van der Waals surface area contributed by atoms with Gasteiger partial charge in [-0.15, -0.1) is 11.6 Å². The molecule has 2 bridgehead atoms. The number of methoxy groups -OCH3 is 1. The van der Waals surface area contributed by atoms with Crippen LogP contribution in [0.2, 0.25) is 0 Å². The molecule has 1 saturated heterocycles. The molecular weight excluding hydrogens is 656 g/mol. The zero-order valence-electron chi connectivity index (χ0n) is 32.0. The van der Waals surface area contributed by atoms with Crippen LogP contribution in [0.25, 0.3) is 0 Å². The summed E-state index contributed by atoms with van der Waals surface area (Å²) in [5.74, 6) is -3.69. The molecule has 0 radical (unpaired) electrons. The van der Waals surface area contributed by atoms with Gasteiger partial charge < -0.3 is 19.7 Å². The number of aliphatic hydroxyl groups excluding tert-OH is 2. The molecule has 0 amide bonds. The number of hydrogen-bond donors (Lipinski definition) is 2. The lowest BCUT2D eigenvalue weighted by atomic mass is 9.52. The Morgan fingerprint density at radius 1 is 0.980 bits per heavy atom. The highest BCUT2D eigenvalue weighted by molar-refractivity contribution is 6.24. The van der Waals surface area contributed by atoms with Gasteiger partial charge in [-0.1, -0.05) is 57.8 Å². The zero-order chi connectivity index (χ0) is 37.3. The van der Waals surface area contributed by atoms with E-state index in [1.165, 1.54) is 7.11 Å². The lowest BCUT2D eigenvalue weighted by Gasteiger charge is -2.49. The highest BCUT2D eigenvalue weighted by atomic mass is 35.5. The molecule has 11 atom stereocenters. The molecule has 2 fully saturated rings. The highest BCUT2D eigenvalue weighted by Gasteiger charge is 2.60. The van der Waals surface area contributed by atoms with Crippen LogP contribution in [0.1, 0.15) is 132 Å². The van der Waals surface area contributed by atoms with E-state index in [1.54, 1.807) is 0 Å². The monoisotopic (exact) mass is 718 g/mol. The van der Waals surface area contributed by atoms with Crippen molar-refractivity contribution in [1.29, 1.82) is 0 Å². The number of alkyl halides is 1. The molecule has 0 aromatic heterocycles. The largest absolute Gasteiger partial charge is 0.469 e. The second kappa shape index (κ2) is 16.0. The SMILES string of the molecule is COC(=O)[C@]12CC(=O)[C@H](C(C)C)CC(=O)[C@H](C)CCC[C@H](C)CC(=O)[C@H]1CC(C)=C1[C@@H](O)C[C@@](C)(Cl)[C@@H]3CC[C@](C)(O3)[C@@H](O)CCC(C)=C[C@@H]12. The average molecular weight is 719 g/mol. The predicted octanol–water partition coefficient (Wildman–Crippen LogP) is 7.49. The van der Waals surface area contributed by atoms with Crippen LogP contribution in [0.5, 0.6) is 0 Å². The molecule has 282 valence electrons. The minimum Gasteiger partial charge on any atom is -0.469 e. The minimum atomic E-state index is -1.66. The number of halogens is 1. The normalized spacial score (nSPS) is 41.6. The number of allylic oxidation sites excluding steroid dienone is 3. The Labute approximate surface area is 305 Å². The van der Waals surface area contributed by atoms with Crippen molar-refractivity contribution in [2.45, 2.75) is 161 Å². The molecule has 0 aromatic carbocycles. The van der Waals surface area contributed by atoms with Crippen LogP contribution >= 0.6 is 11.6 Å². The number of Topliss-reactive ketones (excluding diaryl/α,β-unsaturated/α-hetero) is 3. The first kappa shape index (κ1) is 40.9. The van der Waals surface area contributed by atoms with Crippen molar-refractivity contribution < 1.29 is 38.9 Å². The van der Waals surface area contributed by atoms with E-state index >= 15 is 0 Å². The highest BCUT2D eigenvalue weighted by Crippen LogP contribution is 2.56. The van der Waals surface area contributed by atoms with Gasteiger partial charge in [0.25, 0.3) is 0 Å². The molecule has 0 spiro atoms. The van der Waals surface area contributed by atoms with E-state index in [4.69, 9.17) is 21.1 Å².